The number of carbonyl (C=O) groups is 1. The van der Waals surface area contributed by atoms with E-state index in [0.29, 0.717) is 18.0 Å². The van der Waals surface area contributed by atoms with Crippen molar-refractivity contribution in [2.75, 3.05) is 6.54 Å². The highest BCUT2D eigenvalue weighted by Crippen LogP contribution is 2.26. The van der Waals surface area contributed by atoms with Crippen molar-refractivity contribution in [2.45, 2.75) is 34.1 Å². The first kappa shape index (κ1) is 18.1. The number of aryl methyl sites for hydroxylation is 2. The van der Waals surface area contributed by atoms with E-state index in [-0.39, 0.29) is 5.91 Å². The van der Waals surface area contributed by atoms with Crippen LogP contribution >= 0.6 is 0 Å². The smallest absolute Gasteiger partial charge is 0.252 e. The predicted molar refractivity (Wildman–Crippen MR) is 108 cm³/mol. The van der Waals surface area contributed by atoms with E-state index in [9.17, 15) is 4.79 Å². The second-order valence-corrected chi connectivity index (χ2v) is 7.31. The van der Waals surface area contributed by atoms with E-state index >= 15 is 0 Å². The van der Waals surface area contributed by atoms with Gasteiger partial charge in [0.05, 0.1) is 16.8 Å². The van der Waals surface area contributed by atoms with Crippen molar-refractivity contribution >= 4 is 16.8 Å². The number of nitrogens with one attached hydrogen (secondary N) is 1. The van der Waals surface area contributed by atoms with Crippen molar-refractivity contribution in [2.24, 2.45) is 5.92 Å². The first-order valence-electron chi connectivity index (χ1n) is 9.21. The SMILES string of the molecule is Cc1ccc(-c2cc(C(=O)NCCC(C)C)c3ccccc3n2)cc1C. The molecule has 1 heterocycles. The minimum atomic E-state index is -0.0330. The van der Waals surface area contributed by atoms with Gasteiger partial charge in [0.2, 0.25) is 0 Å². The van der Waals surface area contributed by atoms with Crippen molar-refractivity contribution in [3.8, 4) is 11.3 Å². The lowest BCUT2D eigenvalue weighted by molar-refractivity contribution is 0.0953. The molecule has 0 fully saturated rings. The molecule has 0 atom stereocenters. The number of fused-ring (bicyclic) bond motifs is 1. The van der Waals surface area contributed by atoms with Gasteiger partial charge in [0.25, 0.3) is 5.91 Å². The van der Waals surface area contributed by atoms with Crippen molar-refractivity contribution in [3.05, 3.63) is 65.2 Å². The summed E-state index contributed by atoms with van der Waals surface area (Å²) >= 11 is 0. The summed E-state index contributed by atoms with van der Waals surface area (Å²) < 4.78 is 0. The van der Waals surface area contributed by atoms with Gasteiger partial charge in [-0.25, -0.2) is 4.98 Å². The van der Waals surface area contributed by atoms with Crippen molar-refractivity contribution in [3.63, 3.8) is 0 Å². The fourth-order valence-corrected chi connectivity index (χ4v) is 2.98. The number of carbonyl (C=O) groups excluding carboxylic acids is 1. The molecular formula is C23H26N2O. The average molecular weight is 346 g/mol. The zero-order chi connectivity index (χ0) is 18.7. The highest BCUT2D eigenvalue weighted by molar-refractivity contribution is 6.07. The first-order valence-corrected chi connectivity index (χ1v) is 9.21. The van der Waals surface area contributed by atoms with Crippen LogP contribution in [-0.2, 0) is 0 Å². The Balaban J connectivity index is 2.03. The Hall–Kier alpha value is -2.68. The molecule has 0 saturated heterocycles. The molecule has 0 saturated carbocycles. The Morgan fingerprint density at radius 2 is 1.81 bits per heavy atom. The summed E-state index contributed by atoms with van der Waals surface area (Å²) in [6.45, 7) is 9.20. The standard InChI is InChI=1S/C23H26N2O/c1-15(2)11-12-24-23(26)20-14-22(18-10-9-16(3)17(4)13-18)25-21-8-6-5-7-19(20)21/h5-10,13-15H,11-12H2,1-4H3,(H,24,26). The Morgan fingerprint density at radius 1 is 1.04 bits per heavy atom. The molecule has 0 aliphatic heterocycles. The quantitative estimate of drug-likeness (QED) is 0.681. The Kier molecular flexibility index (Phi) is 5.36. The van der Waals surface area contributed by atoms with Crippen LogP contribution in [0, 0.1) is 19.8 Å². The van der Waals surface area contributed by atoms with Gasteiger partial charge in [0.15, 0.2) is 0 Å². The second kappa shape index (κ2) is 7.69. The summed E-state index contributed by atoms with van der Waals surface area (Å²) in [6.07, 6.45) is 0.971. The first-order chi connectivity index (χ1) is 12.5. The normalized spacial score (nSPS) is 11.1. The summed E-state index contributed by atoms with van der Waals surface area (Å²) in [5, 5.41) is 3.95. The van der Waals surface area contributed by atoms with Crippen LogP contribution in [-0.4, -0.2) is 17.4 Å². The summed E-state index contributed by atoms with van der Waals surface area (Å²) in [4.78, 5) is 17.6. The van der Waals surface area contributed by atoms with Gasteiger partial charge in [-0.05, 0) is 55.5 Å². The molecular weight excluding hydrogens is 320 g/mol. The molecule has 0 aliphatic carbocycles. The maximum atomic E-state index is 12.8. The average Bonchev–Trinajstić information content (AvgIpc) is 2.62. The molecule has 1 N–H and O–H groups in total. The second-order valence-electron chi connectivity index (χ2n) is 7.31. The molecule has 1 aromatic heterocycles. The molecule has 1 amide bonds. The topological polar surface area (TPSA) is 42.0 Å². The molecule has 2 aromatic carbocycles. The van der Waals surface area contributed by atoms with E-state index in [1.165, 1.54) is 11.1 Å². The fourth-order valence-electron chi connectivity index (χ4n) is 2.98. The van der Waals surface area contributed by atoms with Gasteiger partial charge in [-0.1, -0.05) is 44.2 Å². The number of nitrogens with zero attached hydrogens (tertiary/aromatic N) is 1. The van der Waals surface area contributed by atoms with Gasteiger partial charge in [-0.2, -0.15) is 0 Å². The van der Waals surface area contributed by atoms with Gasteiger partial charge in [0.1, 0.15) is 0 Å². The summed E-state index contributed by atoms with van der Waals surface area (Å²) in [5.74, 6) is 0.532. The minimum absolute atomic E-state index is 0.0330. The molecule has 3 heteroatoms. The number of pyridine rings is 1. The summed E-state index contributed by atoms with van der Waals surface area (Å²) in [5.41, 5.74) is 5.88. The van der Waals surface area contributed by atoms with Crippen LogP contribution < -0.4 is 5.32 Å². The summed E-state index contributed by atoms with van der Waals surface area (Å²) in [6, 6.07) is 16.0. The molecule has 0 bridgehead atoms. The minimum Gasteiger partial charge on any atom is -0.352 e. The lowest BCUT2D eigenvalue weighted by Crippen LogP contribution is -2.25. The zero-order valence-electron chi connectivity index (χ0n) is 16.0. The Labute approximate surface area is 155 Å². The lowest BCUT2D eigenvalue weighted by Gasteiger charge is -2.12. The molecule has 0 unspecified atom stereocenters. The number of hydrogen-bond acceptors (Lipinski definition) is 2. The molecule has 0 radical (unpaired) electrons. The number of rotatable bonds is 5. The molecule has 3 nitrogen and oxygen atoms in total. The molecule has 26 heavy (non-hydrogen) atoms. The fraction of sp³-hybridized carbons (Fsp3) is 0.304. The lowest BCUT2D eigenvalue weighted by atomic mass is 10.0. The van der Waals surface area contributed by atoms with E-state index < -0.39 is 0 Å². The molecule has 134 valence electrons. The van der Waals surface area contributed by atoms with E-state index in [1.807, 2.05) is 30.3 Å². The molecule has 0 spiro atoms. The van der Waals surface area contributed by atoms with Gasteiger partial charge in [-0.3, -0.25) is 4.79 Å². The largest absolute Gasteiger partial charge is 0.352 e. The molecule has 3 aromatic rings. The summed E-state index contributed by atoms with van der Waals surface area (Å²) in [7, 11) is 0. The molecule has 3 rings (SSSR count). The zero-order valence-corrected chi connectivity index (χ0v) is 16.0. The van der Waals surface area contributed by atoms with Gasteiger partial charge in [-0.15, -0.1) is 0 Å². The van der Waals surface area contributed by atoms with E-state index in [1.54, 1.807) is 0 Å². The Morgan fingerprint density at radius 3 is 2.54 bits per heavy atom. The highest BCUT2D eigenvalue weighted by Gasteiger charge is 2.14. The van der Waals surface area contributed by atoms with Crippen LogP contribution in [0.15, 0.2) is 48.5 Å². The Bertz CT molecular complexity index is 944. The third-order valence-corrected chi connectivity index (χ3v) is 4.77. The number of amides is 1. The van der Waals surface area contributed by atoms with Crippen molar-refractivity contribution in [1.29, 1.82) is 0 Å². The van der Waals surface area contributed by atoms with Crippen molar-refractivity contribution < 1.29 is 4.79 Å². The van der Waals surface area contributed by atoms with Gasteiger partial charge < -0.3 is 5.32 Å². The number of hydrogen-bond donors (Lipinski definition) is 1. The van der Waals surface area contributed by atoms with Gasteiger partial charge in [0, 0.05) is 17.5 Å². The van der Waals surface area contributed by atoms with Crippen molar-refractivity contribution in [1.82, 2.24) is 10.3 Å². The van der Waals surface area contributed by atoms with Crippen LogP contribution in [0.5, 0.6) is 0 Å². The number of para-hydroxylation sites is 1. The number of benzene rings is 2. The van der Waals surface area contributed by atoms with Crippen LogP contribution in [0.2, 0.25) is 0 Å². The third kappa shape index (κ3) is 3.93. The third-order valence-electron chi connectivity index (χ3n) is 4.77. The van der Waals surface area contributed by atoms with Crippen LogP contribution in [0.3, 0.4) is 0 Å². The van der Waals surface area contributed by atoms with E-state index in [2.05, 4.69) is 51.2 Å². The monoisotopic (exact) mass is 346 g/mol. The van der Waals surface area contributed by atoms with Crippen LogP contribution in [0.1, 0.15) is 41.8 Å². The maximum absolute atomic E-state index is 12.8. The predicted octanol–water partition coefficient (Wildman–Crippen LogP) is 5.29. The van der Waals surface area contributed by atoms with Crippen LogP contribution in [0.4, 0.5) is 0 Å². The van der Waals surface area contributed by atoms with E-state index in [0.717, 1.165) is 28.6 Å². The highest BCUT2D eigenvalue weighted by atomic mass is 16.1. The number of aromatic nitrogens is 1. The molecule has 0 aliphatic rings. The van der Waals surface area contributed by atoms with Crippen LogP contribution in [0.25, 0.3) is 22.2 Å². The van der Waals surface area contributed by atoms with Gasteiger partial charge >= 0.3 is 0 Å². The van der Waals surface area contributed by atoms with E-state index in [4.69, 9.17) is 4.98 Å². The maximum Gasteiger partial charge on any atom is 0.252 e.